The lowest BCUT2D eigenvalue weighted by Crippen LogP contribution is -2.40. The number of hydrogen-bond acceptors (Lipinski definition) is 2. The molecule has 1 N–H and O–H groups in total. The van der Waals surface area contributed by atoms with Crippen LogP contribution in [0.2, 0.25) is 0 Å². The maximum atomic E-state index is 3.55. The molecule has 0 radical (unpaired) electrons. The molecule has 0 amide bonds. The lowest BCUT2D eigenvalue weighted by atomic mass is 10.1. The standard InChI is InChI=1S/C17H28N2/c1-17(2,3)18-10-11-19(4)13-15-12-16(15)14-8-6-5-7-9-14/h5-9,15-16,18H,10-13H2,1-4H3. The van der Waals surface area contributed by atoms with Gasteiger partial charge in [-0.1, -0.05) is 30.3 Å². The van der Waals surface area contributed by atoms with Gasteiger partial charge in [-0.05, 0) is 51.6 Å². The van der Waals surface area contributed by atoms with Crippen molar-refractivity contribution in [2.24, 2.45) is 5.92 Å². The Morgan fingerprint density at radius 1 is 1.21 bits per heavy atom. The lowest BCUT2D eigenvalue weighted by molar-refractivity contribution is 0.298. The summed E-state index contributed by atoms with van der Waals surface area (Å²) in [6.07, 6.45) is 1.36. The summed E-state index contributed by atoms with van der Waals surface area (Å²) < 4.78 is 0. The topological polar surface area (TPSA) is 15.3 Å². The molecule has 0 heterocycles. The third-order valence-corrected chi connectivity index (χ3v) is 3.85. The third-order valence-electron chi connectivity index (χ3n) is 3.85. The Hall–Kier alpha value is -0.860. The van der Waals surface area contributed by atoms with Crippen LogP contribution in [-0.4, -0.2) is 37.1 Å². The van der Waals surface area contributed by atoms with Crippen LogP contribution in [0, 0.1) is 5.92 Å². The average Bonchev–Trinajstić information content (AvgIpc) is 3.07. The molecule has 0 saturated heterocycles. The van der Waals surface area contributed by atoms with Crippen molar-refractivity contribution in [3.8, 4) is 0 Å². The molecule has 1 aromatic carbocycles. The number of nitrogens with zero attached hydrogens (tertiary/aromatic N) is 1. The molecule has 2 atom stereocenters. The molecule has 1 aliphatic rings. The van der Waals surface area contributed by atoms with Gasteiger partial charge in [0.2, 0.25) is 0 Å². The first-order valence-corrected chi connectivity index (χ1v) is 7.44. The Labute approximate surface area is 118 Å². The summed E-state index contributed by atoms with van der Waals surface area (Å²) in [4.78, 5) is 2.46. The summed E-state index contributed by atoms with van der Waals surface area (Å²) in [5.74, 6) is 1.67. The van der Waals surface area contributed by atoms with Crippen molar-refractivity contribution in [3.05, 3.63) is 35.9 Å². The van der Waals surface area contributed by atoms with E-state index in [0.717, 1.165) is 24.9 Å². The van der Waals surface area contributed by atoms with Gasteiger partial charge in [0.05, 0.1) is 0 Å². The summed E-state index contributed by atoms with van der Waals surface area (Å²) in [7, 11) is 2.24. The molecule has 106 valence electrons. The van der Waals surface area contributed by atoms with Gasteiger partial charge >= 0.3 is 0 Å². The summed E-state index contributed by atoms with van der Waals surface area (Å²) in [5.41, 5.74) is 1.75. The molecule has 1 saturated carbocycles. The van der Waals surface area contributed by atoms with Gasteiger partial charge in [0.15, 0.2) is 0 Å². The van der Waals surface area contributed by atoms with E-state index < -0.39 is 0 Å². The molecule has 2 nitrogen and oxygen atoms in total. The maximum Gasteiger partial charge on any atom is 0.0104 e. The van der Waals surface area contributed by atoms with Crippen LogP contribution in [0.4, 0.5) is 0 Å². The first-order chi connectivity index (χ1) is 8.96. The van der Waals surface area contributed by atoms with Crippen molar-refractivity contribution >= 4 is 0 Å². The van der Waals surface area contributed by atoms with Crippen molar-refractivity contribution < 1.29 is 0 Å². The summed E-state index contributed by atoms with van der Waals surface area (Å²) in [6.45, 7) is 10.1. The molecule has 0 aliphatic heterocycles. The van der Waals surface area contributed by atoms with Gasteiger partial charge in [-0.3, -0.25) is 0 Å². The van der Waals surface area contributed by atoms with Gasteiger partial charge < -0.3 is 10.2 Å². The molecule has 0 spiro atoms. The number of hydrogen-bond donors (Lipinski definition) is 1. The molecular formula is C17H28N2. The summed E-state index contributed by atoms with van der Waals surface area (Å²) in [5, 5.41) is 3.55. The van der Waals surface area contributed by atoms with Crippen molar-refractivity contribution in [1.82, 2.24) is 10.2 Å². The Morgan fingerprint density at radius 3 is 2.53 bits per heavy atom. The molecule has 1 fully saturated rings. The fraction of sp³-hybridized carbons (Fsp3) is 0.647. The molecule has 19 heavy (non-hydrogen) atoms. The maximum absolute atomic E-state index is 3.55. The average molecular weight is 260 g/mol. The van der Waals surface area contributed by atoms with E-state index in [-0.39, 0.29) is 5.54 Å². The number of nitrogens with one attached hydrogen (secondary N) is 1. The first kappa shape index (κ1) is 14.5. The Balaban J connectivity index is 1.67. The second-order valence-corrected chi connectivity index (χ2v) is 6.95. The zero-order valence-corrected chi connectivity index (χ0v) is 12.8. The molecule has 1 aromatic rings. The highest BCUT2D eigenvalue weighted by molar-refractivity contribution is 5.25. The Morgan fingerprint density at radius 2 is 1.89 bits per heavy atom. The van der Waals surface area contributed by atoms with Gasteiger partial charge in [-0.15, -0.1) is 0 Å². The quantitative estimate of drug-likeness (QED) is 0.845. The Kier molecular flexibility index (Phi) is 4.64. The predicted octanol–water partition coefficient (Wildman–Crippen LogP) is 3.11. The van der Waals surface area contributed by atoms with Crippen LogP contribution in [0.1, 0.15) is 38.7 Å². The zero-order chi connectivity index (χ0) is 13.9. The lowest BCUT2D eigenvalue weighted by Gasteiger charge is -2.23. The van der Waals surface area contributed by atoms with E-state index in [4.69, 9.17) is 0 Å². The SMILES string of the molecule is CN(CCNC(C)(C)C)CC1CC1c1ccccc1. The highest BCUT2D eigenvalue weighted by atomic mass is 15.1. The minimum absolute atomic E-state index is 0.229. The molecule has 0 aromatic heterocycles. The first-order valence-electron chi connectivity index (χ1n) is 7.44. The zero-order valence-electron chi connectivity index (χ0n) is 12.8. The summed E-state index contributed by atoms with van der Waals surface area (Å²) in [6, 6.07) is 11.0. The van der Waals surface area contributed by atoms with E-state index in [0.29, 0.717) is 0 Å². The van der Waals surface area contributed by atoms with Gasteiger partial charge in [-0.25, -0.2) is 0 Å². The van der Waals surface area contributed by atoms with E-state index in [1.807, 2.05) is 0 Å². The van der Waals surface area contributed by atoms with Crippen LogP contribution in [0.15, 0.2) is 30.3 Å². The normalized spacial score (nSPS) is 22.8. The van der Waals surface area contributed by atoms with E-state index in [2.05, 4.69) is 68.4 Å². The van der Waals surface area contributed by atoms with Crippen molar-refractivity contribution in [2.45, 2.75) is 38.6 Å². The molecule has 1 aliphatic carbocycles. The monoisotopic (exact) mass is 260 g/mol. The highest BCUT2D eigenvalue weighted by Crippen LogP contribution is 2.47. The summed E-state index contributed by atoms with van der Waals surface area (Å²) >= 11 is 0. The molecule has 2 unspecified atom stereocenters. The second-order valence-electron chi connectivity index (χ2n) is 6.95. The van der Waals surface area contributed by atoms with Gasteiger partial charge in [0, 0.05) is 25.2 Å². The molecule has 2 heteroatoms. The highest BCUT2D eigenvalue weighted by Gasteiger charge is 2.38. The number of likely N-dealkylation sites (N-methyl/N-ethyl adjacent to an activating group) is 1. The third kappa shape index (κ3) is 4.96. The van der Waals surface area contributed by atoms with Crippen LogP contribution < -0.4 is 5.32 Å². The predicted molar refractivity (Wildman–Crippen MR) is 82.5 cm³/mol. The van der Waals surface area contributed by atoms with Crippen LogP contribution in [0.25, 0.3) is 0 Å². The van der Waals surface area contributed by atoms with Crippen molar-refractivity contribution in [3.63, 3.8) is 0 Å². The molecular weight excluding hydrogens is 232 g/mol. The van der Waals surface area contributed by atoms with Crippen LogP contribution >= 0.6 is 0 Å². The second kappa shape index (κ2) is 6.06. The van der Waals surface area contributed by atoms with Gasteiger partial charge in [0.25, 0.3) is 0 Å². The minimum Gasteiger partial charge on any atom is -0.311 e. The van der Waals surface area contributed by atoms with E-state index >= 15 is 0 Å². The largest absolute Gasteiger partial charge is 0.311 e. The minimum atomic E-state index is 0.229. The van der Waals surface area contributed by atoms with Crippen molar-refractivity contribution in [2.75, 3.05) is 26.7 Å². The number of rotatable bonds is 6. The van der Waals surface area contributed by atoms with Crippen LogP contribution in [-0.2, 0) is 0 Å². The molecule has 2 rings (SSSR count). The number of benzene rings is 1. The van der Waals surface area contributed by atoms with Gasteiger partial charge in [-0.2, -0.15) is 0 Å². The van der Waals surface area contributed by atoms with Gasteiger partial charge in [0.1, 0.15) is 0 Å². The Bertz CT molecular complexity index is 380. The van der Waals surface area contributed by atoms with Crippen LogP contribution in [0.5, 0.6) is 0 Å². The molecule has 0 bridgehead atoms. The smallest absolute Gasteiger partial charge is 0.0104 e. The fourth-order valence-electron chi connectivity index (χ4n) is 2.67. The van der Waals surface area contributed by atoms with E-state index in [1.54, 1.807) is 0 Å². The van der Waals surface area contributed by atoms with Crippen molar-refractivity contribution in [1.29, 1.82) is 0 Å². The fourth-order valence-corrected chi connectivity index (χ4v) is 2.67. The van der Waals surface area contributed by atoms with E-state index in [9.17, 15) is 0 Å². The van der Waals surface area contributed by atoms with Crippen LogP contribution in [0.3, 0.4) is 0 Å². The van der Waals surface area contributed by atoms with E-state index in [1.165, 1.54) is 18.5 Å².